The molecule has 10 heavy (non-hydrogen) atoms. The van der Waals surface area contributed by atoms with Crippen LogP contribution in [-0.4, -0.2) is 18.4 Å². The van der Waals surface area contributed by atoms with Gasteiger partial charge in [-0.1, -0.05) is 5.16 Å². The quantitative estimate of drug-likeness (QED) is 0.324. The van der Waals surface area contributed by atoms with Crippen LogP contribution in [0.3, 0.4) is 0 Å². The number of rotatable bonds is 3. The fourth-order valence-corrected chi connectivity index (χ4v) is 0.219. The Balaban J connectivity index is 4.09. The molecule has 0 amide bonds. The Hall–Kier alpha value is -1.64. The first-order chi connectivity index (χ1) is 4.72. The molecule has 0 heterocycles. The maximum atomic E-state index is 11.2. The summed E-state index contributed by atoms with van der Waals surface area (Å²) in [6, 6.07) is 1.45. The van der Waals surface area contributed by atoms with Gasteiger partial charge in [-0.3, -0.25) is 5.41 Å². The average molecular weight is 144 g/mol. The molecule has 0 saturated heterocycles. The predicted molar refractivity (Wildman–Crippen MR) is 32.0 cm³/mol. The molecule has 5 nitrogen and oxygen atoms in total. The number of nitrogens with zero attached hydrogens (tertiary/aromatic N) is 2. The number of alkyl halides is 1. The highest BCUT2D eigenvalue weighted by Crippen LogP contribution is 1.80. The molecule has 0 unspecified atom stereocenters. The lowest BCUT2D eigenvalue weighted by Gasteiger charge is -1.91. The van der Waals surface area contributed by atoms with Crippen LogP contribution in [0.1, 0.15) is 0 Å². The Labute approximate surface area is 56.4 Å². The van der Waals surface area contributed by atoms with Gasteiger partial charge in [-0.15, -0.1) is 0 Å². The third kappa shape index (κ3) is 2.61. The number of nitriles is 1. The van der Waals surface area contributed by atoms with E-state index >= 15 is 0 Å². The van der Waals surface area contributed by atoms with Crippen molar-refractivity contribution < 1.29 is 9.23 Å². The Morgan fingerprint density at radius 1 is 1.90 bits per heavy atom. The Morgan fingerprint density at radius 3 is 2.80 bits per heavy atom. The van der Waals surface area contributed by atoms with Gasteiger partial charge < -0.3 is 10.6 Å². The average Bonchev–Trinajstić information content (AvgIpc) is 1.89. The lowest BCUT2D eigenvalue weighted by atomic mass is 10.4. The summed E-state index contributed by atoms with van der Waals surface area (Å²) < 4.78 is 11.2. The summed E-state index contributed by atoms with van der Waals surface area (Å²) in [7, 11) is 0. The first kappa shape index (κ1) is 8.36. The summed E-state index contributed by atoms with van der Waals surface area (Å²) in [6.07, 6.45) is 0. The number of hydrogen-bond donors (Lipinski definition) is 2. The lowest BCUT2D eigenvalue weighted by Crippen LogP contribution is -2.21. The molecular weight excluding hydrogens is 139 g/mol. The monoisotopic (exact) mass is 144 g/mol. The molecule has 0 rings (SSSR count). The number of hydrogen-bond acceptors (Lipinski definition) is 4. The van der Waals surface area contributed by atoms with E-state index in [9.17, 15) is 4.39 Å². The fourth-order valence-electron chi connectivity index (χ4n) is 0.219. The number of nitrogens with two attached hydrogens (primary N) is 1. The van der Waals surface area contributed by atoms with Gasteiger partial charge in [0, 0.05) is 0 Å². The first-order valence-electron chi connectivity index (χ1n) is 2.22. The van der Waals surface area contributed by atoms with Crippen LogP contribution >= 0.6 is 0 Å². The summed E-state index contributed by atoms with van der Waals surface area (Å²) in [5.74, 6) is -0.545. The largest absolute Gasteiger partial charge is 0.382 e. The highest BCUT2D eigenvalue weighted by atomic mass is 19.1. The summed E-state index contributed by atoms with van der Waals surface area (Å²) >= 11 is 0. The molecule has 0 aliphatic rings. The molecule has 6 heteroatoms. The molecule has 54 valence electrons. The molecule has 0 fully saturated rings. The van der Waals surface area contributed by atoms with E-state index in [-0.39, 0.29) is 0 Å². The zero-order chi connectivity index (χ0) is 7.98. The zero-order valence-corrected chi connectivity index (χ0v) is 4.97. The van der Waals surface area contributed by atoms with Crippen LogP contribution in [-0.2, 0) is 4.84 Å². The summed E-state index contributed by atoms with van der Waals surface area (Å²) in [4.78, 5) is 3.83. The molecule has 0 spiro atoms. The molecule has 0 aromatic heterocycles. The first-order valence-corrected chi connectivity index (χ1v) is 2.22. The summed E-state index contributed by atoms with van der Waals surface area (Å²) in [5, 5.41) is 17.7. The van der Waals surface area contributed by atoms with Crippen molar-refractivity contribution in [1.29, 1.82) is 10.7 Å². The van der Waals surface area contributed by atoms with Crippen LogP contribution in [0.4, 0.5) is 4.39 Å². The minimum absolute atomic E-state index is 0.433. The van der Waals surface area contributed by atoms with Crippen molar-refractivity contribution in [3.63, 3.8) is 0 Å². The molecular formula is C4H5FN4O. The van der Waals surface area contributed by atoms with E-state index in [0.717, 1.165) is 0 Å². The number of halogens is 1. The predicted octanol–water partition coefficient (Wildman–Crippen LogP) is -0.254. The van der Waals surface area contributed by atoms with E-state index < -0.39 is 18.4 Å². The minimum atomic E-state index is -1.14. The second kappa shape index (κ2) is 4.26. The van der Waals surface area contributed by atoms with Crippen LogP contribution in [0.15, 0.2) is 5.16 Å². The second-order valence-corrected chi connectivity index (χ2v) is 1.20. The van der Waals surface area contributed by atoms with Crippen LogP contribution in [0, 0.1) is 16.7 Å². The molecule has 0 atom stereocenters. The zero-order valence-electron chi connectivity index (χ0n) is 4.97. The van der Waals surface area contributed by atoms with Crippen molar-refractivity contribution >= 4 is 11.5 Å². The van der Waals surface area contributed by atoms with Crippen molar-refractivity contribution in [2.45, 2.75) is 0 Å². The Morgan fingerprint density at radius 2 is 2.50 bits per heavy atom. The van der Waals surface area contributed by atoms with Gasteiger partial charge in [0.15, 0.2) is 5.84 Å². The van der Waals surface area contributed by atoms with Gasteiger partial charge in [0.2, 0.25) is 5.71 Å². The van der Waals surface area contributed by atoms with Crippen LogP contribution in [0.2, 0.25) is 0 Å². The number of oxime groups is 1. The topological polar surface area (TPSA) is 95.2 Å². The lowest BCUT2D eigenvalue weighted by molar-refractivity contribution is 0.0642. The molecule has 0 saturated carbocycles. The van der Waals surface area contributed by atoms with Gasteiger partial charge in [-0.25, -0.2) is 4.39 Å². The SMILES string of the molecule is N#C/C(=N/OCF)C(=N)N. The van der Waals surface area contributed by atoms with Crippen LogP contribution < -0.4 is 5.73 Å². The second-order valence-electron chi connectivity index (χ2n) is 1.20. The molecule has 3 N–H and O–H groups in total. The molecule has 0 aromatic carbocycles. The smallest absolute Gasteiger partial charge is 0.255 e. The van der Waals surface area contributed by atoms with E-state index in [1.807, 2.05) is 0 Å². The molecule has 0 aliphatic carbocycles. The van der Waals surface area contributed by atoms with Crippen LogP contribution in [0.25, 0.3) is 0 Å². The number of amidine groups is 1. The van der Waals surface area contributed by atoms with Crippen molar-refractivity contribution in [2.75, 3.05) is 6.86 Å². The standard InChI is InChI=1S/C4H5FN4O/c5-2-10-9-3(1-6)4(7)8/h2H2,(H3,7,8)/b9-3-. The molecule has 0 aliphatic heterocycles. The van der Waals surface area contributed by atoms with Crippen molar-refractivity contribution in [3.8, 4) is 6.07 Å². The molecule has 0 aromatic rings. The summed E-state index contributed by atoms with van der Waals surface area (Å²) in [6.45, 7) is -1.14. The highest BCUT2D eigenvalue weighted by molar-refractivity contribution is 6.45. The highest BCUT2D eigenvalue weighted by Gasteiger charge is 2.00. The van der Waals surface area contributed by atoms with Crippen molar-refractivity contribution in [3.05, 3.63) is 0 Å². The van der Waals surface area contributed by atoms with E-state index in [4.69, 9.17) is 16.4 Å². The van der Waals surface area contributed by atoms with E-state index in [1.165, 1.54) is 6.07 Å². The molecule has 0 radical (unpaired) electrons. The maximum Gasteiger partial charge on any atom is 0.255 e. The number of nitrogens with one attached hydrogen (secondary N) is 1. The summed E-state index contributed by atoms with van der Waals surface area (Å²) in [5.41, 5.74) is 4.38. The Bertz CT molecular complexity index is 194. The van der Waals surface area contributed by atoms with E-state index in [2.05, 4.69) is 9.99 Å². The third-order valence-electron chi connectivity index (χ3n) is 0.566. The van der Waals surface area contributed by atoms with Gasteiger partial charge in [-0.05, 0) is 0 Å². The van der Waals surface area contributed by atoms with Crippen LogP contribution in [0.5, 0.6) is 0 Å². The third-order valence-corrected chi connectivity index (χ3v) is 0.566. The van der Waals surface area contributed by atoms with Gasteiger partial charge >= 0.3 is 0 Å². The maximum absolute atomic E-state index is 11.2. The normalized spacial score (nSPS) is 10.2. The molecule has 0 bridgehead atoms. The van der Waals surface area contributed by atoms with Crippen molar-refractivity contribution in [1.82, 2.24) is 0 Å². The van der Waals surface area contributed by atoms with Gasteiger partial charge in [0.1, 0.15) is 6.07 Å². The fraction of sp³-hybridized carbons (Fsp3) is 0.250. The van der Waals surface area contributed by atoms with Gasteiger partial charge in [0.05, 0.1) is 0 Å². The van der Waals surface area contributed by atoms with Gasteiger partial charge in [0.25, 0.3) is 6.86 Å². The minimum Gasteiger partial charge on any atom is -0.382 e. The Kier molecular flexibility index (Phi) is 3.56. The van der Waals surface area contributed by atoms with E-state index in [1.54, 1.807) is 0 Å². The van der Waals surface area contributed by atoms with Gasteiger partial charge in [-0.2, -0.15) is 5.26 Å². The van der Waals surface area contributed by atoms with E-state index in [0.29, 0.717) is 0 Å². The van der Waals surface area contributed by atoms with Crippen molar-refractivity contribution in [2.24, 2.45) is 10.9 Å².